The van der Waals surface area contributed by atoms with Gasteiger partial charge in [-0.15, -0.1) is 0 Å². The Labute approximate surface area is 108 Å². The number of hydrogen-bond acceptors (Lipinski definition) is 6. The maximum atomic E-state index is 5.34. The summed E-state index contributed by atoms with van der Waals surface area (Å²) in [4.78, 5) is 12.7. The minimum atomic E-state index is 0.366. The van der Waals surface area contributed by atoms with Crippen molar-refractivity contribution in [1.29, 1.82) is 0 Å². The fourth-order valence-electron chi connectivity index (χ4n) is 2.25. The lowest BCUT2D eigenvalue weighted by atomic mass is 10.1. The molecule has 1 fully saturated rings. The molecule has 100 valence electrons. The lowest BCUT2D eigenvalue weighted by Gasteiger charge is -2.17. The van der Waals surface area contributed by atoms with E-state index in [2.05, 4.69) is 32.5 Å². The number of anilines is 2. The largest absolute Gasteiger partial charge is 0.464 e. The summed E-state index contributed by atoms with van der Waals surface area (Å²) in [6, 6.07) is 0.816. The molecule has 18 heavy (non-hydrogen) atoms. The van der Waals surface area contributed by atoms with E-state index in [4.69, 9.17) is 4.74 Å². The third kappa shape index (κ3) is 3.00. The Morgan fingerprint density at radius 3 is 2.61 bits per heavy atom. The van der Waals surface area contributed by atoms with E-state index < -0.39 is 0 Å². The van der Waals surface area contributed by atoms with Gasteiger partial charge in [-0.25, -0.2) is 0 Å². The van der Waals surface area contributed by atoms with E-state index in [0.717, 1.165) is 0 Å². The molecule has 2 N–H and O–H groups in total. The molecule has 0 radical (unpaired) electrons. The Balaban J connectivity index is 2.12. The Hall–Kier alpha value is -1.59. The third-order valence-electron chi connectivity index (χ3n) is 3.29. The van der Waals surface area contributed by atoms with Crippen molar-refractivity contribution in [2.24, 2.45) is 5.92 Å². The van der Waals surface area contributed by atoms with Crippen LogP contribution in [-0.2, 0) is 0 Å². The summed E-state index contributed by atoms with van der Waals surface area (Å²) in [5.41, 5.74) is 0. The quantitative estimate of drug-likeness (QED) is 0.833. The zero-order chi connectivity index (χ0) is 13.0. The van der Waals surface area contributed by atoms with Gasteiger partial charge in [0.15, 0.2) is 0 Å². The summed E-state index contributed by atoms with van der Waals surface area (Å²) in [5.74, 6) is 1.79. The van der Waals surface area contributed by atoms with Crippen LogP contribution in [0.1, 0.15) is 33.1 Å². The summed E-state index contributed by atoms with van der Waals surface area (Å²) in [7, 11) is 1.78. The van der Waals surface area contributed by atoms with Crippen LogP contribution >= 0.6 is 0 Å². The molecule has 2 unspecified atom stereocenters. The van der Waals surface area contributed by atoms with E-state index in [-0.39, 0.29) is 0 Å². The van der Waals surface area contributed by atoms with Crippen molar-refractivity contribution in [3.8, 4) is 6.01 Å². The molecule has 0 bridgehead atoms. The molecule has 1 aliphatic rings. The average Bonchev–Trinajstić information content (AvgIpc) is 2.75. The summed E-state index contributed by atoms with van der Waals surface area (Å²) in [5, 5.41) is 6.30. The van der Waals surface area contributed by atoms with Crippen LogP contribution in [0, 0.1) is 5.92 Å². The molecule has 0 spiro atoms. The molecule has 0 saturated heterocycles. The molecule has 1 aliphatic carbocycles. The van der Waals surface area contributed by atoms with Gasteiger partial charge in [0.05, 0.1) is 6.61 Å². The fraction of sp³-hybridized carbons (Fsp3) is 0.750. The average molecular weight is 251 g/mol. The van der Waals surface area contributed by atoms with Crippen LogP contribution in [0.15, 0.2) is 0 Å². The van der Waals surface area contributed by atoms with Gasteiger partial charge < -0.3 is 15.4 Å². The van der Waals surface area contributed by atoms with Crippen LogP contribution in [0.5, 0.6) is 6.01 Å². The second-order valence-electron chi connectivity index (χ2n) is 4.61. The highest BCUT2D eigenvalue weighted by Gasteiger charge is 2.24. The van der Waals surface area contributed by atoms with Crippen molar-refractivity contribution in [1.82, 2.24) is 15.0 Å². The monoisotopic (exact) mass is 251 g/mol. The van der Waals surface area contributed by atoms with Crippen LogP contribution in [0.3, 0.4) is 0 Å². The van der Waals surface area contributed by atoms with Crippen molar-refractivity contribution >= 4 is 11.9 Å². The molecule has 1 saturated carbocycles. The molecule has 1 aromatic rings. The first-order chi connectivity index (χ1) is 8.72. The first-order valence-electron chi connectivity index (χ1n) is 6.56. The molecule has 0 aliphatic heterocycles. The van der Waals surface area contributed by atoms with Gasteiger partial charge in [-0.05, 0) is 25.7 Å². The molecular formula is C12H21N5O. The third-order valence-corrected chi connectivity index (χ3v) is 3.29. The van der Waals surface area contributed by atoms with Crippen LogP contribution in [0.2, 0.25) is 0 Å². The zero-order valence-corrected chi connectivity index (χ0v) is 11.2. The summed E-state index contributed by atoms with van der Waals surface area (Å²) < 4.78 is 5.34. The minimum absolute atomic E-state index is 0.366. The van der Waals surface area contributed by atoms with E-state index in [1.165, 1.54) is 19.3 Å². The number of aromatic nitrogens is 3. The van der Waals surface area contributed by atoms with Gasteiger partial charge in [0.2, 0.25) is 11.9 Å². The molecule has 1 aromatic heterocycles. The van der Waals surface area contributed by atoms with Crippen molar-refractivity contribution in [3.05, 3.63) is 0 Å². The Bertz CT molecular complexity index is 398. The van der Waals surface area contributed by atoms with Gasteiger partial charge in [-0.3, -0.25) is 0 Å². The second kappa shape index (κ2) is 5.84. The molecule has 2 rings (SSSR count). The Kier molecular flexibility index (Phi) is 4.17. The molecule has 6 heteroatoms. The minimum Gasteiger partial charge on any atom is -0.464 e. The van der Waals surface area contributed by atoms with Crippen molar-refractivity contribution in [2.45, 2.75) is 39.2 Å². The Morgan fingerprint density at radius 1 is 1.22 bits per heavy atom. The second-order valence-corrected chi connectivity index (χ2v) is 4.61. The number of rotatable bonds is 5. The molecule has 0 amide bonds. The van der Waals surface area contributed by atoms with Gasteiger partial charge in [-0.2, -0.15) is 15.0 Å². The first kappa shape index (κ1) is 12.9. The van der Waals surface area contributed by atoms with Crippen molar-refractivity contribution < 1.29 is 4.74 Å². The molecule has 0 aromatic carbocycles. The van der Waals surface area contributed by atoms with Crippen LogP contribution in [-0.4, -0.2) is 34.6 Å². The molecule has 6 nitrogen and oxygen atoms in total. The van der Waals surface area contributed by atoms with E-state index in [9.17, 15) is 0 Å². The number of ether oxygens (including phenoxy) is 1. The lowest BCUT2D eigenvalue weighted by Crippen LogP contribution is -2.23. The predicted molar refractivity (Wildman–Crippen MR) is 71.0 cm³/mol. The number of nitrogens with zero attached hydrogens (tertiary/aromatic N) is 3. The zero-order valence-electron chi connectivity index (χ0n) is 11.2. The number of nitrogens with one attached hydrogen (secondary N) is 2. The molecule has 2 atom stereocenters. The topological polar surface area (TPSA) is 72.0 Å². The van der Waals surface area contributed by atoms with Crippen LogP contribution < -0.4 is 15.4 Å². The van der Waals surface area contributed by atoms with Crippen molar-refractivity contribution in [2.75, 3.05) is 24.3 Å². The highest BCUT2D eigenvalue weighted by atomic mass is 16.5. The van der Waals surface area contributed by atoms with E-state index in [1.807, 2.05) is 6.92 Å². The van der Waals surface area contributed by atoms with Gasteiger partial charge in [-0.1, -0.05) is 13.3 Å². The SMILES string of the molecule is CCOc1nc(NC)nc(NC2CCCC2C)n1. The summed E-state index contributed by atoms with van der Waals surface area (Å²) in [6.07, 6.45) is 3.70. The molecule has 1 heterocycles. The highest BCUT2D eigenvalue weighted by Crippen LogP contribution is 2.27. The summed E-state index contributed by atoms with van der Waals surface area (Å²) in [6.45, 7) is 4.72. The fourth-order valence-corrected chi connectivity index (χ4v) is 2.25. The normalized spacial score (nSPS) is 22.8. The first-order valence-corrected chi connectivity index (χ1v) is 6.56. The lowest BCUT2D eigenvalue weighted by molar-refractivity contribution is 0.312. The highest BCUT2D eigenvalue weighted by molar-refractivity contribution is 5.36. The van der Waals surface area contributed by atoms with E-state index in [1.54, 1.807) is 7.05 Å². The smallest absolute Gasteiger partial charge is 0.323 e. The standard InChI is InChI=1S/C12H21N5O/c1-4-18-12-16-10(13-3)15-11(17-12)14-9-7-5-6-8(9)2/h8-9H,4-7H2,1-3H3,(H2,13,14,15,16,17). The Morgan fingerprint density at radius 2 is 2.00 bits per heavy atom. The maximum Gasteiger partial charge on any atom is 0.323 e. The van der Waals surface area contributed by atoms with Gasteiger partial charge in [0, 0.05) is 13.1 Å². The predicted octanol–water partition coefficient (Wildman–Crippen LogP) is 1.91. The summed E-state index contributed by atoms with van der Waals surface area (Å²) >= 11 is 0. The van der Waals surface area contributed by atoms with Gasteiger partial charge >= 0.3 is 6.01 Å². The maximum absolute atomic E-state index is 5.34. The van der Waals surface area contributed by atoms with Gasteiger partial charge in [0.25, 0.3) is 0 Å². The van der Waals surface area contributed by atoms with Crippen LogP contribution in [0.25, 0.3) is 0 Å². The van der Waals surface area contributed by atoms with E-state index >= 15 is 0 Å². The van der Waals surface area contributed by atoms with Crippen molar-refractivity contribution in [3.63, 3.8) is 0 Å². The van der Waals surface area contributed by atoms with Crippen LogP contribution in [0.4, 0.5) is 11.9 Å². The van der Waals surface area contributed by atoms with E-state index in [0.29, 0.717) is 36.5 Å². The van der Waals surface area contributed by atoms with Gasteiger partial charge in [0.1, 0.15) is 0 Å². The molecular weight excluding hydrogens is 230 g/mol. The number of hydrogen-bond donors (Lipinski definition) is 2.